The van der Waals surface area contributed by atoms with Crippen molar-refractivity contribution in [1.82, 2.24) is 4.73 Å². The van der Waals surface area contributed by atoms with Crippen LogP contribution in [-0.4, -0.2) is 19.0 Å². The van der Waals surface area contributed by atoms with Crippen LogP contribution in [0.15, 0.2) is 36.7 Å². The van der Waals surface area contributed by atoms with E-state index in [1.54, 1.807) is 49.5 Å². The van der Waals surface area contributed by atoms with Crippen LogP contribution in [0.2, 0.25) is 0 Å². The standard InChI is InChI=1S/C12H12NO3/c1-14-10-5-6-11(12(9-10)15-2)16-13-7-3-4-8-13/h3,5-9H,1-2H3. The molecule has 0 saturated carbocycles. The molecule has 0 aliphatic rings. The maximum atomic E-state index is 5.54. The summed E-state index contributed by atoms with van der Waals surface area (Å²) in [6.07, 6.45) is 3.44. The Balaban J connectivity index is 2.26. The van der Waals surface area contributed by atoms with Gasteiger partial charge in [0.1, 0.15) is 5.75 Å². The van der Waals surface area contributed by atoms with Gasteiger partial charge in [-0.1, -0.05) is 0 Å². The Bertz CT molecular complexity index is 451. The summed E-state index contributed by atoms with van der Waals surface area (Å²) in [4.78, 5) is 5.54. The molecule has 0 atom stereocenters. The number of methoxy groups -OCH3 is 2. The van der Waals surface area contributed by atoms with E-state index in [1.807, 2.05) is 6.07 Å². The highest BCUT2D eigenvalue weighted by atomic mass is 16.7. The van der Waals surface area contributed by atoms with Gasteiger partial charge in [0.15, 0.2) is 11.5 Å². The molecule has 0 spiro atoms. The van der Waals surface area contributed by atoms with E-state index in [1.165, 1.54) is 0 Å². The third-order valence-electron chi connectivity index (χ3n) is 2.09. The van der Waals surface area contributed by atoms with E-state index >= 15 is 0 Å². The Labute approximate surface area is 93.9 Å². The highest BCUT2D eigenvalue weighted by molar-refractivity contribution is 5.45. The maximum Gasteiger partial charge on any atom is 0.197 e. The second-order valence-corrected chi connectivity index (χ2v) is 3.08. The molecule has 0 amide bonds. The quantitative estimate of drug-likeness (QED) is 0.788. The average molecular weight is 218 g/mol. The molecule has 16 heavy (non-hydrogen) atoms. The highest BCUT2D eigenvalue weighted by Crippen LogP contribution is 2.31. The first-order valence-electron chi connectivity index (χ1n) is 4.78. The van der Waals surface area contributed by atoms with Gasteiger partial charge in [0.05, 0.1) is 20.4 Å². The fraction of sp³-hybridized carbons (Fsp3) is 0.167. The van der Waals surface area contributed by atoms with Crippen molar-refractivity contribution in [2.24, 2.45) is 0 Å². The smallest absolute Gasteiger partial charge is 0.197 e. The number of ether oxygens (including phenoxy) is 2. The van der Waals surface area contributed by atoms with Gasteiger partial charge in [-0.15, -0.1) is 0 Å². The second kappa shape index (κ2) is 4.61. The summed E-state index contributed by atoms with van der Waals surface area (Å²) in [5.74, 6) is 1.96. The number of hydrogen-bond donors (Lipinski definition) is 0. The van der Waals surface area contributed by atoms with Gasteiger partial charge in [0, 0.05) is 18.3 Å². The molecule has 4 nitrogen and oxygen atoms in total. The van der Waals surface area contributed by atoms with Crippen LogP contribution >= 0.6 is 0 Å². The van der Waals surface area contributed by atoms with Crippen molar-refractivity contribution in [2.75, 3.05) is 14.2 Å². The summed E-state index contributed by atoms with van der Waals surface area (Å²) >= 11 is 0. The molecule has 4 heteroatoms. The van der Waals surface area contributed by atoms with Crippen molar-refractivity contribution in [3.63, 3.8) is 0 Å². The van der Waals surface area contributed by atoms with E-state index in [4.69, 9.17) is 14.3 Å². The monoisotopic (exact) mass is 218 g/mol. The summed E-state index contributed by atoms with van der Waals surface area (Å²) in [7, 11) is 3.19. The van der Waals surface area contributed by atoms with Gasteiger partial charge in [-0.05, 0) is 18.2 Å². The normalized spacial score (nSPS) is 9.88. The largest absolute Gasteiger partial charge is 0.497 e. The van der Waals surface area contributed by atoms with Crippen LogP contribution in [0.3, 0.4) is 0 Å². The van der Waals surface area contributed by atoms with Crippen molar-refractivity contribution in [3.8, 4) is 17.2 Å². The average Bonchev–Trinajstić information content (AvgIpc) is 2.82. The van der Waals surface area contributed by atoms with Crippen LogP contribution in [0.5, 0.6) is 17.2 Å². The lowest BCUT2D eigenvalue weighted by molar-refractivity contribution is 0.206. The van der Waals surface area contributed by atoms with Crippen molar-refractivity contribution in [3.05, 3.63) is 42.7 Å². The lowest BCUT2D eigenvalue weighted by Gasteiger charge is -2.11. The second-order valence-electron chi connectivity index (χ2n) is 3.08. The van der Waals surface area contributed by atoms with Crippen LogP contribution in [0, 0.1) is 6.07 Å². The SMILES string of the molecule is COc1ccc(On2c[c]cc2)c(OC)c1. The number of hydrogen-bond acceptors (Lipinski definition) is 3. The molecule has 0 aliphatic heterocycles. The van der Waals surface area contributed by atoms with Crippen molar-refractivity contribution in [2.45, 2.75) is 0 Å². The van der Waals surface area contributed by atoms with Gasteiger partial charge in [0.25, 0.3) is 0 Å². The molecule has 0 fully saturated rings. The molecule has 0 N–H and O–H groups in total. The zero-order valence-corrected chi connectivity index (χ0v) is 9.14. The lowest BCUT2D eigenvalue weighted by atomic mass is 10.3. The fourth-order valence-corrected chi connectivity index (χ4v) is 1.30. The first kappa shape index (κ1) is 10.4. The van der Waals surface area contributed by atoms with E-state index < -0.39 is 0 Å². The fourth-order valence-electron chi connectivity index (χ4n) is 1.30. The molecule has 0 bridgehead atoms. The summed E-state index contributed by atoms with van der Waals surface area (Å²) in [6, 6.07) is 10.0. The molecule has 1 aromatic carbocycles. The molecule has 1 heterocycles. The van der Waals surface area contributed by atoms with E-state index in [-0.39, 0.29) is 0 Å². The van der Waals surface area contributed by atoms with Gasteiger partial charge >= 0.3 is 0 Å². The summed E-state index contributed by atoms with van der Waals surface area (Å²) < 4.78 is 11.9. The summed E-state index contributed by atoms with van der Waals surface area (Å²) in [5, 5.41) is 0. The van der Waals surface area contributed by atoms with Gasteiger partial charge in [-0.2, -0.15) is 4.73 Å². The van der Waals surface area contributed by atoms with Crippen LogP contribution in [0.25, 0.3) is 0 Å². The van der Waals surface area contributed by atoms with Crippen LogP contribution in [-0.2, 0) is 0 Å². The van der Waals surface area contributed by atoms with E-state index in [0.717, 1.165) is 5.75 Å². The minimum Gasteiger partial charge on any atom is -0.497 e. The Morgan fingerprint density at radius 2 is 2.00 bits per heavy atom. The molecule has 1 radical (unpaired) electrons. The zero-order valence-electron chi connectivity index (χ0n) is 9.14. The van der Waals surface area contributed by atoms with Gasteiger partial charge in [-0.25, -0.2) is 0 Å². The van der Waals surface area contributed by atoms with Crippen LogP contribution < -0.4 is 14.3 Å². The number of aromatic nitrogens is 1. The number of nitrogens with zero attached hydrogens (tertiary/aromatic N) is 1. The predicted octanol–water partition coefficient (Wildman–Crippen LogP) is 2.15. The van der Waals surface area contributed by atoms with Gasteiger partial charge in [-0.3, -0.25) is 0 Å². The minimum absolute atomic E-state index is 0.618. The third kappa shape index (κ3) is 2.11. The Kier molecular flexibility index (Phi) is 3.00. The molecular weight excluding hydrogens is 206 g/mol. The van der Waals surface area contributed by atoms with Crippen molar-refractivity contribution in [1.29, 1.82) is 0 Å². The van der Waals surface area contributed by atoms with Gasteiger partial charge < -0.3 is 14.3 Å². The third-order valence-corrected chi connectivity index (χ3v) is 2.09. The maximum absolute atomic E-state index is 5.54. The first-order valence-corrected chi connectivity index (χ1v) is 4.78. The van der Waals surface area contributed by atoms with Crippen LogP contribution in [0.4, 0.5) is 0 Å². The Morgan fingerprint density at radius 1 is 1.12 bits per heavy atom. The van der Waals surface area contributed by atoms with E-state index in [9.17, 15) is 0 Å². The Hall–Kier alpha value is -2.10. The van der Waals surface area contributed by atoms with Crippen molar-refractivity contribution >= 4 is 0 Å². The van der Waals surface area contributed by atoms with Crippen LogP contribution in [0.1, 0.15) is 0 Å². The molecule has 2 rings (SSSR count). The molecule has 0 aliphatic carbocycles. The van der Waals surface area contributed by atoms with Crippen molar-refractivity contribution < 1.29 is 14.3 Å². The molecule has 83 valence electrons. The lowest BCUT2D eigenvalue weighted by Crippen LogP contribution is -2.02. The number of rotatable bonds is 4. The minimum atomic E-state index is 0.618. The summed E-state index contributed by atoms with van der Waals surface area (Å²) in [6.45, 7) is 0. The molecule has 0 saturated heterocycles. The number of benzene rings is 1. The van der Waals surface area contributed by atoms with Gasteiger partial charge in [0.2, 0.25) is 0 Å². The Morgan fingerprint density at radius 3 is 2.62 bits per heavy atom. The van der Waals surface area contributed by atoms with E-state index in [0.29, 0.717) is 11.5 Å². The first-order chi connectivity index (χ1) is 7.83. The topological polar surface area (TPSA) is 32.6 Å². The predicted molar refractivity (Wildman–Crippen MR) is 58.8 cm³/mol. The molecule has 0 unspecified atom stereocenters. The highest BCUT2D eigenvalue weighted by Gasteiger charge is 2.06. The summed E-state index contributed by atoms with van der Waals surface area (Å²) in [5.41, 5.74) is 0. The van der Waals surface area contributed by atoms with E-state index in [2.05, 4.69) is 6.07 Å². The zero-order chi connectivity index (χ0) is 11.4. The molecule has 2 aromatic rings. The molecular formula is C12H12NO3. The molecule has 1 aromatic heterocycles.